The third-order valence-electron chi connectivity index (χ3n) is 7.63. The maximum atomic E-state index is 13.4. The van der Waals surface area contributed by atoms with Crippen molar-refractivity contribution in [3.8, 4) is 11.3 Å². The molecule has 9 nitrogen and oxygen atoms in total. The van der Waals surface area contributed by atoms with Crippen molar-refractivity contribution < 1.29 is 13.2 Å². The van der Waals surface area contributed by atoms with Crippen molar-refractivity contribution in [2.45, 2.75) is 37.0 Å². The van der Waals surface area contributed by atoms with Gasteiger partial charge in [-0.2, -0.15) is 0 Å². The van der Waals surface area contributed by atoms with Crippen LogP contribution >= 0.6 is 0 Å². The Morgan fingerprint density at radius 3 is 2.66 bits per heavy atom. The quantitative estimate of drug-likeness (QED) is 0.389. The molecule has 2 aliphatic heterocycles. The van der Waals surface area contributed by atoms with Gasteiger partial charge >= 0.3 is 0 Å². The zero-order valence-electron chi connectivity index (χ0n) is 21.4. The highest BCUT2D eigenvalue weighted by molar-refractivity contribution is 7.92. The van der Waals surface area contributed by atoms with Crippen molar-refractivity contribution in [1.82, 2.24) is 15.0 Å². The lowest BCUT2D eigenvalue weighted by atomic mass is 10.1. The summed E-state index contributed by atoms with van der Waals surface area (Å²) < 4.78 is 25.0. The number of aromatic nitrogens is 3. The van der Waals surface area contributed by atoms with Crippen molar-refractivity contribution in [1.29, 1.82) is 0 Å². The number of rotatable bonds is 6. The van der Waals surface area contributed by atoms with Crippen LogP contribution in [0.15, 0.2) is 59.8 Å². The van der Waals surface area contributed by atoms with E-state index in [2.05, 4.69) is 20.9 Å². The standard InChI is InChI=1S/C28H30N6O3S/c1-17(2)38(36,37)22-6-3-19(4-7-22)24-13-30-27-26(32-24)25(14-31-27)34-16-20-11-21(5-8-23(20)28(34)35)33-10-9-18(12-29)15-33/h3-8,11,13-14,17-18H,9-10,12,15-16,29H2,1-2H3,(H,30,31). The molecule has 1 saturated heterocycles. The second kappa shape index (κ2) is 9.21. The summed E-state index contributed by atoms with van der Waals surface area (Å²) in [4.78, 5) is 30.2. The number of carbonyl (C=O) groups excluding carboxylic acids is 1. The lowest BCUT2D eigenvalue weighted by Gasteiger charge is -2.19. The Morgan fingerprint density at radius 2 is 1.95 bits per heavy atom. The number of hydrogen-bond acceptors (Lipinski definition) is 7. The number of hydrogen-bond donors (Lipinski definition) is 2. The molecule has 3 N–H and O–H groups in total. The maximum Gasteiger partial charge on any atom is 0.259 e. The molecule has 0 aliphatic carbocycles. The number of sulfone groups is 1. The highest BCUT2D eigenvalue weighted by Gasteiger charge is 2.32. The van der Waals surface area contributed by atoms with Gasteiger partial charge in [-0.05, 0) is 68.6 Å². The summed E-state index contributed by atoms with van der Waals surface area (Å²) >= 11 is 0. The summed E-state index contributed by atoms with van der Waals surface area (Å²) in [6.45, 7) is 6.40. The minimum atomic E-state index is -3.36. The molecule has 1 amide bonds. The number of nitrogens with two attached hydrogens (primary N) is 1. The normalized spacial score (nSPS) is 17.7. The lowest BCUT2D eigenvalue weighted by molar-refractivity contribution is 0.0997. The highest BCUT2D eigenvalue weighted by Crippen LogP contribution is 2.35. The Kier molecular flexibility index (Phi) is 5.96. The molecule has 0 radical (unpaired) electrons. The molecule has 38 heavy (non-hydrogen) atoms. The van der Waals surface area contributed by atoms with Gasteiger partial charge in [-0.25, -0.2) is 18.4 Å². The third-order valence-corrected chi connectivity index (χ3v) is 9.80. The predicted molar refractivity (Wildman–Crippen MR) is 148 cm³/mol. The van der Waals surface area contributed by atoms with E-state index in [-0.39, 0.29) is 10.8 Å². The largest absolute Gasteiger partial charge is 0.371 e. The maximum absolute atomic E-state index is 13.4. The highest BCUT2D eigenvalue weighted by atomic mass is 32.2. The van der Waals surface area contributed by atoms with Crippen LogP contribution in [0, 0.1) is 5.92 Å². The molecule has 2 aliphatic rings. The average Bonchev–Trinajstić information content (AvgIpc) is 3.65. The first-order valence-electron chi connectivity index (χ1n) is 12.8. The molecule has 1 unspecified atom stereocenters. The number of anilines is 2. The van der Waals surface area contributed by atoms with Crippen LogP contribution in [0.5, 0.6) is 0 Å². The number of nitrogens with zero attached hydrogens (tertiary/aromatic N) is 4. The van der Waals surface area contributed by atoms with Gasteiger partial charge in [0.15, 0.2) is 15.5 Å². The monoisotopic (exact) mass is 530 g/mol. The number of fused-ring (bicyclic) bond motifs is 2. The van der Waals surface area contributed by atoms with E-state index in [1.165, 1.54) is 0 Å². The summed E-state index contributed by atoms with van der Waals surface area (Å²) in [5.41, 5.74) is 11.9. The van der Waals surface area contributed by atoms with Crippen molar-refractivity contribution in [2.75, 3.05) is 29.4 Å². The molecule has 196 valence electrons. The van der Waals surface area contributed by atoms with Gasteiger partial charge in [0.05, 0.1) is 34.3 Å². The first-order valence-corrected chi connectivity index (χ1v) is 14.4. The van der Waals surface area contributed by atoms with Crippen LogP contribution in [0.25, 0.3) is 22.4 Å². The molecule has 0 bridgehead atoms. The molecule has 1 atom stereocenters. The molecular weight excluding hydrogens is 500 g/mol. The fourth-order valence-electron chi connectivity index (χ4n) is 5.27. The fraction of sp³-hybridized carbons (Fsp3) is 0.321. The second-order valence-electron chi connectivity index (χ2n) is 10.3. The van der Waals surface area contributed by atoms with E-state index < -0.39 is 15.1 Å². The Labute approximate surface area is 221 Å². The van der Waals surface area contributed by atoms with Crippen molar-refractivity contribution in [3.05, 3.63) is 66.0 Å². The predicted octanol–water partition coefficient (Wildman–Crippen LogP) is 3.75. The second-order valence-corrected chi connectivity index (χ2v) is 12.8. The van der Waals surface area contributed by atoms with Crippen LogP contribution in [0.2, 0.25) is 0 Å². The van der Waals surface area contributed by atoms with Gasteiger partial charge in [0.2, 0.25) is 0 Å². The zero-order valence-corrected chi connectivity index (χ0v) is 22.2. The molecule has 2 aromatic carbocycles. The van der Waals surface area contributed by atoms with Crippen LogP contribution in [0.4, 0.5) is 11.4 Å². The Bertz CT molecular complexity index is 1650. The zero-order chi connectivity index (χ0) is 26.6. The molecule has 4 heterocycles. The summed E-state index contributed by atoms with van der Waals surface area (Å²) in [5, 5.41) is -0.497. The van der Waals surface area contributed by atoms with Crippen LogP contribution in [-0.2, 0) is 16.4 Å². The van der Waals surface area contributed by atoms with Gasteiger partial charge in [-0.3, -0.25) is 4.79 Å². The molecule has 0 saturated carbocycles. The Morgan fingerprint density at radius 1 is 1.16 bits per heavy atom. The van der Waals surface area contributed by atoms with Crippen molar-refractivity contribution in [3.63, 3.8) is 0 Å². The Balaban J connectivity index is 1.29. The molecule has 6 rings (SSSR count). The van der Waals surface area contributed by atoms with Gasteiger partial charge in [0.1, 0.15) is 5.52 Å². The van der Waals surface area contributed by atoms with E-state index in [0.29, 0.717) is 47.1 Å². The summed E-state index contributed by atoms with van der Waals surface area (Å²) in [5.74, 6) is 0.445. The van der Waals surface area contributed by atoms with Gasteiger partial charge in [-0.1, -0.05) is 12.1 Å². The molecular formula is C28H30N6O3S. The number of nitrogens with one attached hydrogen (secondary N) is 1. The molecule has 2 aromatic heterocycles. The third kappa shape index (κ3) is 4.04. The average molecular weight is 531 g/mol. The van der Waals surface area contributed by atoms with Gasteiger partial charge < -0.3 is 20.5 Å². The van der Waals surface area contributed by atoms with E-state index in [4.69, 9.17) is 10.7 Å². The SMILES string of the molecule is CC(C)S(=O)(=O)c1ccc(-c2cnc3[nH]cc(N4Cc5cc(N6CCC(CN)C6)ccc5C4=O)c3n2)cc1. The molecule has 0 spiro atoms. The number of amides is 1. The summed E-state index contributed by atoms with van der Waals surface area (Å²) in [7, 11) is -3.36. The van der Waals surface area contributed by atoms with Gasteiger partial charge in [0, 0.05) is 36.1 Å². The van der Waals surface area contributed by atoms with E-state index >= 15 is 0 Å². The summed E-state index contributed by atoms with van der Waals surface area (Å²) in [6.07, 6.45) is 4.50. The number of carbonyl (C=O) groups is 1. The van der Waals surface area contributed by atoms with Crippen molar-refractivity contribution in [2.24, 2.45) is 11.7 Å². The first-order chi connectivity index (χ1) is 18.3. The molecule has 4 aromatic rings. The van der Waals surface area contributed by atoms with E-state index in [9.17, 15) is 13.2 Å². The minimum absolute atomic E-state index is 0.0656. The fourth-order valence-corrected chi connectivity index (χ4v) is 6.33. The molecule has 10 heteroatoms. The molecule has 1 fully saturated rings. The number of aromatic amines is 1. The minimum Gasteiger partial charge on any atom is -0.371 e. The first kappa shape index (κ1) is 24.6. The summed E-state index contributed by atoms with van der Waals surface area (Å²) in [6, 6.07) is 12.7. The van der Waals surface area contributed by atoms with Crippen LogP contribution in [0.3, 0.4) is 0 Å². The number of benzene rings is 2. The smallest absolute Gasteiger partial charge is 0.259 e. The topological polar surface area (TPSA) is 125 Å². The van der Waals surface area contributed by atoms with E-state index in [1.807, 2.05) is 12.1 Å². The van der Waals surface area contributed by atoms with Crippen molar-refractivity contribution >= 4 is 38.3 Å². The van der Waals surface area contributed by atoms with Crippen LogP contribution in [-0.4, -0.2) is 54.2 Å². The lowest BCUT2D eigenvalue weighted by Crippen LogP contribution is -2.22. The van der Waals surface area contributed by atoms with Gasteiger partial charge in [-0.15, -0.1) is 0 Å². The van der Waals surface area contributed by atoms with E-state index in [0.717, 1.165) is 36.3 Å². The van der Waals surface area contributed by atoms with Crippen LogP contribution < -0.4 is 15.5 Å². The number of H-pyrrole nitrogens is 1. The Hall–Kier alpha value is -3.76. The van der Waals surface area contributed by atoms with Gasteiger partial charge in [0.25, 0.3) is 5.91 Å². The van der Waals surface area contributed by atoms with E-state index in [1.54, 1.807) is 55.4 Å². The van der Waals surface area contributed by atoms with Crippen LogP contribution in [0.1, 0.15) is 36.2 Å².